The van der Waals surface area contributed by atoms with Crippen LogP contribution in [0, 0.1) is 5.92 Å². The van der Waals surface area contributed by atoms with Gasteiger partial charge in [-0.25, -0.2) is 4.79 Å². The summed E-state index contributed by atoms with van der Waals surface area (Å²) >= 11 is 0. The van der Waals surface area contributed by atoms with Gasteiger partial charge in [0.05, 0.1) is 6.42 Å². The highest BCUT2D eigenvalue weighted by atomic mass is 31.1. The first-order valence-corrected chi connectivity index (χ1v) is 4.69. The predicted molar refractivity (Wildman–Crippen MR) is 45.2 cm³/mol. The van der Waals surface area contributed by atoms with Crippen LogP contribution in [0.2, 0.25) is 0 Å². The van der Waals surface area contributed by atoms with Gasteiger partial charge in [0.2, 0.25) is 13.3 Å². The second-order valence-corrected chi connectivity index (χ2v) is 3.48. The molecule has 0 amide bonds. The minimum atomic E-state index is -3.38. The van der Waals surface area contributed by atoms with Gasteiger partial charge in [-0.2, -0.15) is 4.89 Å². The summed E-state index contributed by atoms with van der Waals surface area (Å²) in [5.41, 5.74) is 0. The molecule has 0 aromatic carbocycles. The number of hydrogen-bond donors (Lipinski definition) is 4. The van der Waals surface area contributed by atoms with Crippen LogP contribution in [-0.4, -0.2) is 43.4 Å². The molecule has 2 atom stereocenters. The molecule has 4 N–H and O–H groups in total. The van der Waals surface area contributed by atoms with Gasteiger partial charge in [0.25, 0.3) is 0 Å². The fourth-order valence-corrected chi connectivity index (χ4v) is 1.47. The SMILES string of the molecule is O=C(O)CC(C(=O)O)/C(C(=O)O)=[P+](/[O-])O. The molecule has 0 saturated heterocycles. The molecule has 0 aromatic heterocycles. The van der Waals surface area contributed by atoms with Crippen LogP contribution in [0.1, 0.15) is 6.42 Å². The monoisotopic (exact) mass is 238 g/mol. The van der Waals surface area contributed by atoms with Crippen molar-refractivity contribution < 1.29 is 39.5 Å². The van der Waals surface area contributed by atoms with E-state index in [0.29, 0.717) is 0 Å². The average Bonchev–Trinajstić information content (AvgIpc) is 2.00. The van der Waals surface area contributed by atoms with Gasteiger partial charge in [-0.3, -0.25) is 9.59 Å². The van der Waals surface area contributed by atoms with Crippen LogP contribution in [-0.2, 0) is 14.4 Å². The Balaban J connectivity index is 5.22. The third-order valence-electron chi connectivity index (χ3n) is 1.43. The Kier molecular flexibility index (Phi) is 4.86. The quantitative estimate of drug-likeness (QED) is 0.404. The maximum Gasteiger partial charge on any atom is 0.378 e. The molecular formula is C6H7O8P. The van der Waals surface area contributed by atoms with Gasteiger partial charge in [0.1, 0.15) is 5.92 Å². The Labute approximate surface area is 84.0 Å². The number of rotatable bonds is 5. The number of carboxylic acid groups (broad SMARTS) is 3. The highest BCUT2D eigenvalue weighted by Crippen LogP contribution is 2.17. The lowest BCUT2D eigenvalue weighted by atomic mass is 10.0. The van der Waals surface area contributed by atoms with Crippen LogP contribution < -0.4 is 4.89 Å². The zero-order valence-electron chi connectivity index (χ0n) is 7.15. The molecule has 0 aliphatic carbocycles. The Hall–Kier alpha value is -1.50. The Morgan fingerprint density at radius 2 is 1.67 bits per heavy atom. The highest BCUT2D eigenvalue weighted by molar-refractivity contribution is 7.48. The Bertz CT molecular complexity index is 328. The molecule has 2 unspecified atom stereocenters. The van der Waals surface area contributed by atoms with E-state index in [-0.39, 0.29) is 0 Å². The summed E-state index contributed by atoms with van der Waals surface area (Å²) in [7, 11) is -3.38. The molecule has 0 radical (unpaired) electrons. The summed E-state index contributed by atoms with van der Waals surface area (Å²) < 4.78 is 0. The molecule has 84 valence electrons. The number of aliphatic carboxylic acids is 3. The summed E-state index contributed by atoms with van der Waals surface area (Å²) in [5, 5.41) is 24.0. The molecule has 0 aliphatic rings. The van der Waals surface area contributed by atoms with Crippen molar-refractivity contribution in [3.63, 3.8) is 0 Å². The maximum absolute atomic E-state index is 10.5. The average molecular weight is 238 g/mol. The normalized spacial score (nSPS) is 14.0. The van der Waals surface area contributed by atoms with Crippen LogP contribution in [0.4, 0.5) is 0 Å². The molecule has 0 saturated carbocycles. The van der Waals surface area contributed by atoms with Crippen LogP contribution in [0.25, 0.3) is 0 Å². The third-order valence-corrected chi connectivity index (χ3v) is 2.35. The van der Waals surface area contributed by atoms with E-state index in [0.717, 1.165) is 0 Å². The van der Waals surface area contributed by atoms with Gasteiger partial charge in [0.15, 0.2) is 0 Å². The van der Waals surface area contributed by atoms with Crippen molar-refractivity contribution >= 4 is 31.2 Å². The molecule has 0 spiro atoms. The molecule has 0 rings (SSSR count). The first kappa shape index (κ1) is 13.5. The van der Waals surface area contributed by atoms with Crippen LogP contribution in [0.3, 0.4) is 0 Å². The summed E-state index contributed by atoms with van der Waals surface area (Å²) in [6.07, 6.45) is -1.06. The molecule has 15 heavy (non-hydrogen) atoms. The Morgan fingerprint density at radius 3 is 1.87 bits per heavy atom. The van der Waals surface area contributed by atoms with E-state index in [1.807, 2.05) is 0 Å². The van der Waals surface area contributed by atoms with Crippen molar-refractivity contribution in [2.24, 2.45) is 5.92 Å². The van der Waals surface area contributed by atoms with Crippen LogP contribution in [0.5, 0.6) is 0 Å². The van der Waals surface area contributed by atoms with Gasteiger partial charge in [-0.1, -0.05) is 0 Å². The van der Waals surface area contributed by atoms with Crippen molar-refractivity contribution in [3.8, 4) is 0 Å². The van der Waals surface area contributed by atoms with Crippen LogP contribution in [0.15, 0.2) is 0 Å². The minimum Gasteiger partial charge on any atom is -0.603 e. The fraction of sp³-hybridized carbons (Fsp3) is 0.333. The van der Waals surface area contributed by atoms with Crippen molar-refractivity contribution in [1.82, 2.24) is 0 Å². The predicted octanol–water partition coefficient (Wildman–Crippen LogP) is -1.92. The van der Waals surface area contributed by atoms with Gasteiger partial charge in [0, 0.05) is 0 Å². The van der Waals surface area contributed by atoms with Crippen molar-refractivity contribution in [3.05, 3.63) is 0 Å². The summed E-state index contributed by atoms with van der Waals surface area (Å²) in [6.45, 7) is 0. The zero-order chi connectivity index (χ0) is 12.2. The zero-order valence-corrected chi connectivity index (χ0v) is 8.05. The molecule has 0 heterocycles. The maximum atomic E-state index is 10.5. The highest BCUT2D eigenvalue weighted by Gasteiger charge is 2.37. The van der Waals surface area contributed by atoms with Crippen LogP contribution >= 0.6 is 8.00 Å². The molecule has 0 aliphatic heterocycles. The Morgan fingerprint density at radius 1 is 1.20 bits per heavy atom. The topological polar surface area (TPSA) is 155 Å². The van der Waals surface area contributed by atoms with Gasteiger partial charge < -0.3 is 20.2 Å². The van der Waals surface area contributed by atoms with Gasteiger partial charge >= 0.3 is 17.9 Å². The molecular weight excluding hydrogens is 231 g/mol. The van der Waals surface area contributed by atoms with E-state index in [2.05, 4.69) is 0 Å². The summed E-state index contributed by atoms with van der Waals surface area (Å²) in [4.78, 5) is 50.2. The van der Waals surface area contributed by atoms with Crippen molar-refractivity contribution in [2.45, 2.75) is 6.42 Å². The smallest absolute Gasteiger partial charge is 0.378 e. The standard InChI is InChI=1S/C6H7O8P/c7-3(8)1-2(5(9)10)4(6(11)12)15(13)14/h2H,1H2,(H,7,8)(H,9,10)(H,11,12)(H,13,14). The summed E-state index contributed by atoms with van der Waals surface area (Å²) in [6, 6.07) is 0. The fourth-order valence-electron chi connectivity index (χ4n) is 0.840. The number of carbonyl (C=O) groups is 3. The third kappa shape index (κ3) is 4.03. The number of carboxylic acids is 3. The second-order valence-electron chi connectivity index (χ2n) is 2.45. The largest absolute Gasteiger partial charge is 0.603 e. The van der Waals surface area contributed by atoms with Gasteiger partial charge in [-0.15, -0.1) is 0 Å². The second kappa shape index (κ2) is 5.40. The lowest BCUT2D eigenvalue weighted by molar-refractivity contribution is -0.168. The van der Waals surface area contributed by atoms with Crippen molar-refractivity contribution in [2.75, 3.05) is 0 Å². The van der Waals surface area contributed by atoms with E-state index in [9.17, 15) is 19.3 Å². The summed E-state index contributed by atoms with van der Waals surface area (Å²) in [5.74, 6) is -7.24. The number of hydrogen-bond acceptors (Lipinski definition) is 5. The molecule has 8 nitrogen and oxygen atoms in total. The van der Waals surface area contributed by atoms with E-state index < -0.39 is 43.5 Å². The molecule has 0 bridgehead atoms. The van der Waals surface area contributed by atoms with E-state index in [1.54, 1.807) is 0 Å². The minimum absolute atomic E-state index is 1.06. The van der Waals surface area contributed by atoms with E-state index >= 15 is 0 Å². The molecule has 0 aromatic rings. The first-order chi connectivity index (χ1) is 6.77. The molecule has 0 fully saturated rings. The lowest BCUT2D eigenvalue weighted by Gasteiger charge is -2.06. The lowest BCUT2D eigenvalue weighted by Crippen LogP contribution is -2.32. The first-order valence-electron chi connectivity index (χ1n) is 3.48. The van der Waals surface area contributed by atoms with E-state index in [4.69, 9.17) is 20.2 Å². The van der Waals surface area contributed by atoms with E-state index in [1.165, 1.54) is 0 Å². The van der Waals surface area contributed by atoms with Gasteiger partial charge in [-0.05, 0) is 0 Å². The van der Waals surface area contributed by atoms with Crippen molar-refractivity contribution in [1.29, 1.82) is 0 Å². The molecule has 9 heteroatoms.